The van der Waals surface area contributed by atoms with E-state index in [1.165, 1.54) is 22.7 Å². The quantitative estimate of drug-likeness (QED) is 0.747. The number of carboxylic acids is 1. The molecule has 0 fully saturated rings. The highest BCUT2D eigenvalue weighted by molar-refractivity contribution is 6.33. The molecule has 24 heavy (non-hydrogen) atoms. The number of aromatic nitrogens is 4. The fourth-order valence-corrected chi connectivity index (χ4v) is 2.34. The van der Waals surface area contributed by atoms with E-state index in [9.17, 15) is 14.7 Å². The summed E-state index contributed by atoms with van der Waals surface area (Å²) in [6.07, 6.45) is 0. The van der Waals surface area contributed by atoms with Crippen molar-refractivity contribution in [2.75, 3.05) is 0 Å². The van der Waals surface area contributed by atoms with E-state index in [2.05, 4.69) is 15.1 Å². The summed E-state index contributed by atoms with van der Waals surface area (Å²) in [5, 5.41) is 12.0. The highest BCUT2D eigenvalue weighted by Crippen LogP contribution is 2.26. The Balaban J connectivity index is 0.00000208. The van der Waals surface area contributed by atoms with Gasteiger partial charge in [0.05, 0.1) is 10.7 Å². The summed E-state index contributed by atoms with van der Waals surface area (Å²) in [5.74, 6) is -0.323. The Kier molecular flexibility index (Phi) is 4.89. The van der Waals surface area contributed by atoms with Gasteiger partial charge in [0.15, 0.2) is 0 Å². The molecule has 0 amide bonds. The first-order valence-corrected chi connectivity index (χ1v) is 6.93. The molecule has 3 rings (SSSR count). The number of aromatic carboxylic acids is 1. The summed E-state index contributed by atoms with van der Waals surface area (Å²) < 4.78 is 6.67. The number of fused-ring (bicyclic) bond motifs is 1. The van der Waals surface area contributed by atoms with Gasteiger partial charge in [-0.25, -0.2) is 9.78 Å². The van der Waals surface area contributed by atoms with E-state index in [1.807, 2.05) is 0 Å². The molecule has 0 aliphatic carbocycles. The zero-order valence-electron chi connectivity index (χ0n) is 11.9. The number of ether oxygens (including phenoxy) is 1. The number of hydrogen-bond donors (Lipinski definition) is 2. The van der Waals surface area contributed by atoms with Gasteiger partial charge in [0.25, 0.3) is 11.3 Å². The number of nitrogens with one attached hydrogen (secondary N) is 1. The molecule has 9 heteroatoms. The minimum absolute atomic E-state index is 0. The third-order valence-corrected chi connectivity index (χ3v) is 3.38. The maximum Gasteiger partial charge on any atom is 0.341 e. The zero-order valence-corrected chi connectivity index (χ0v) is 12.7. The SMILES string of the molecule is C.Cc1nc2nc(COc3cccc(Cl)c3C(=O)O)cc(=O)n2[nH]1. The average molecular weight is 351 g/mol. The second-order valence-corrected chi connectivity index (χ2v) is 5.14. The van der Waals surface area contributed by atoms with Crippen LogP contribution < -0.4 is 10.3 Å². The molecule has 0 aliphatic heterocycles. The first kappa shape index (κ1) is 17.5. The number of nitrogens with zero attached hydrogens (tertiary/aromatic N) is 3. The van der Waals surface area contributed by atoms with Crippen molar-refractivity contribution in [2.45, 2.75) is 21.0 Å². The summed E-state index contributed by atoms with van der Waals surface area (Å²) in [6.45, 7) is 1.62. The van der Waals surface area contributed by atoms with Gasteiger partial charge in [-0.1, -0.05) is 25.1 Å². The van der Waals surface area contributed by atoms with E-state index in [-0.39, 0.29) is 41.7 Å². The van der Waals surface area contributed by atoms with Crippen molar-refractivity contribution >= 4 is 23.3 Å². The van der Waals surface area contributed by atoms with E-state index in [0.29, 0.717) is 11.5 Å². The van der Waals surface area contributed by atoms with Crippen molar-refractivity contribution in [3.8, 4) is 5.75 Å². The third kappa shape index (κ3) is 3.23. The normalized spacial score (nSPS) is 10.4. The summed E-state index contributed by atoms with van der Waals surface area (Å²) in [4.78, 5) is 31.4. The van der Waals surface area contributed by atoms with Gasteiger partial charge in [-0.05, 0) is 19.1 Å². The maximum atomic E-state index is 11.9. The molecule has 2 N–H and O–H groups in total. The molecule has 2 heterocycles. The number of carbonyl (C=O) groups is 1. The Bertz CT molecular complexity index is 964. The van der Waals surface area contributed by atoms with Crippen LogP contribution >= 0.6 is 11.6 Å². The number of aryl methyl sites for hydroxylation is 1. The Morgan fingerprint density at radius 1 is 1.42 bits per heavy atom. The van der Waals surface area contributed by atoms with Crippen LogP contribution in [0.1, 0.15) is 29.3 Å². The fraction of sp³-hybridized carbons (Fsp3) is 0.200. The van der Waals surface area contributed by atoms with Crippen LogP contribution in [0.25, 0.3) is 5.78 Å². The first-order valence-electron chi connectivity index (χ1n) is 6.55. The van der Waals surface area contributed by atoms with E-state index >= 15 is 0 Å². The number of halogens is 1. The van der Waals surface area contributed by atoms with Gasteiger partial charge in [-0.15, -0.1) is 0 Å². The minimum atomic E-state index is -1.20. The predicted octanol–water partition coefficient (Wildman–Crippen LogP) is 2.29. The molecule has 0 unspecified atom stereocenters. The molecule has 0 spiro atoms. The van der Waals surface area contributed by atoms with Gasteiger partial charge in [0.2, 0.25) is 0 Å². The van der Waals surface area contributed by atoms with Crippen LogP contribution in [0.2, 0.25) is 5.02 Å². The highest BCUT2D eigenvalue weighted by atomic mass is 35.5. The van der Waals surface area contributed by atoms with Gasteiger partial charge < -0.3 is 9.84 Å². The molecule has 0 radical (unpaired) electrons. The lowest BCUT2D eigenvalue weighted by molar-refractivity contribution is 0.0692. The van der Waals surface area contributed by atoms with Crippen LogP contribution in [0.5, 0.6) is 5.75 Å². The van der Waals surface area contributed by atoms with Crippen LogP contribution in [0.15, 0.2) is 29.1 Å². The molecule has 0 atom stereocenters. The number of benzene rings is 1. The Morgan fingerprint density at radius 2 is 2.17 bits per heavy atom. The molecule has 0 saturated carbocycles. The van der Waals surface area contributed by atoms with Crippen molar-refractivity contribution in [3.05, 3.63) is 56.7 Å². The summed E-state index contributed by atoms with van der Waals surface area (Å²) in [5.41, 5.74) is -0.140. The van der Waals surface area contributed by atoms with Crippen LogP contribution in [0, 0.1) is 6.92 Å². The van der Waals surface area contributed by atoms with Crippen LogP contribution in [-0.4, -0.2) is 30.7 Å². The molecular formula is C15H15ClN4O4. The van der Waals surface area contributed by atoms with E-state index < -0.39 is 5.97 Å². The summed E-state index contributed by atoms with van der Waals surface area (Å²) in [6, 6.07) is 5.81. The second-order valence-electron chi connectivity index (χ2n) is 4.74. The lowest BCUT2D eigenvalue weighted by Gasteiger charge is -2.09. The fourth-order valence-electron chi connectivity index (χ4n) is 2.09. The van der Waals surface area contributed by atoms with Gasteiger partial charge >= 0.3 is 5.97 Å². The van der Waals surface area contributed by atoms with Crippen LogP contribution in [0.3, 0.4) is 0 Å². The standard InChI is InChI=1S/C14H11ClN4O4.CH4/c1-7-16-14-17-8(5-11(20)19(14)18-7)6-23-10-4-2-3-9(15)12(10)13(21)22;/h2-5H,6H2,1H3,(H,21,22)(H,16,17,18);1H4. The predicted molar refractivity (Wildman–Crippen MR) is 87.8 cm³/mol. The number of rotatable bonds is 4. The van der Waals surface area contributed by atoms with Gasteiger partial charge in [0.1, 0.15) is 23.7 Å². The Hall–Kier alpha value is -2.87. The number of hydrogen-bond acceptors (Lipinski definition) is 5. The topological polar surface area (TPSA) is 110 Å². The molecule has 0 saturated heterocycles. The number of aromatic amines is 1. The Labute approximate surface area is 141 Å². The lowest BCUT2D eigenvalue weighted by Crippen LogP contribution is -2.17. The van der Waals surface area contributed by atoms with E-state index in [4.69, 9.17) is 16.3 Å². The Morgan fingerprint density at radius 3 is 2.88 bits per heavy atom. The number of carboxylic acid groups (broad SMARTS) is 1. The maximum absolute atomic E-state index is 11.9. The molecular weight excluding hydrogens is 336 g/mol. The third-order valence-electron chi connectivity index (χ3n) is 3.06. The molecule has 1 aromatic carbocycles. The molecule has 126 valence electrons. The minimum Gasteiger partial charge on any atom is -0.486 e. The lowest BCUT2D eigenvalue weighted by atomic mass is 10.2. The first-order chi connectivity index (χ1) is 11.0. The average Bonchev–Trinajstić information content (AvgIpc) is 2.85. The largest absolute Gasteiger partial charge is 0.486 e. The van der Waals surface area contributed by atoms with Crippen molar-refractivity contribution in [3.63, 3.8) is 0 Å². The second kappa shape index (κ2) is 6.71. The number of H-pyrrole nitrogens is 1. The molecule has 8 nitrogen and oxygen atoms in total. The summed E-state index contributed by atoms with van der Waals surface area (Å²) in [7, 11) is 0. The van der Waals surface area contributed by atoms with Crippen LogP contribution in [0.4, 0.5) is 0 Å². The molecule has 0 aliphatic rings. The molecule has 3 aromatic rings. The van der Waals surface area contributed by atoms with E-state index in [0.717, 1.165) is 0 Å². The highest BCUT2D eigenvalue weighted by Gasteiger charge is 2.16. The smallest absolute Gasteiger partial charge is 0.341 e. The van der Waals surface area contributed by atoms with Crippen molar-refractivity contribution in [1.82, 2.24) is 19.6 Å². The monoisotopic (exact) mass is 350 g/mol. The van der Waals surface area contributed by atoms with Crippen LogP contribution in [-0.2, 0) is 6.61 Å². The summed E-state index contributed by atoms with van der Waals surface area (Å²) >= 11 is 5.87. The van der Waals surface area contributed by atoms with Crippen molar-refractivity contribution in [2.24, 2.45) is 0 Å². The zero-order chi connectivity index (χ0) is 16.6. The van der Waals surface area contributed by atoms with E-state index in [1.54, 1.807) is 13.0 Å². The van der Waals surface area contributed by atoms with Crippen molar-refractivity contribution in [1.29, 1.82) is 0 Å². The molecule has 0 bridgehead atoms. The van der Waals surface area contributed by atoms with Gasteiger partial charge in [0, 0.05) is 6.07 Å². The molecule has 2 aromatic heterocycles. The van der Waals surface area contributed by atoms with Crippen molar-refractivity contribution < 1.29 is 14.6 Å². The van der Waals surface area contributed by atoms with Gasteiger partial charge in [-0.2, -0.15) is 9.50 Å². The van der Waals surface area contributed by atoms with Gasteiger partial charge in [-0.3, -0.25) is 9.89 Å².